The molecule has 0 bridgehead atoms. The van der Waals surface area contributed by atoms with E-state index in [0.29, 0.717) is 12.0 Å². The molecular weight excluding hydrogens is 651 g/mol. The lowest BCUT2D eigenvalue weighted by molar-refractivity contribution is 0.477. The second-order valence-corrected chi connectivity index (χ2v) is 14.4. The van der Waals surface area contributed by atoms with Crippen molar-refractivity contribution >= 4 is 60.7 Å². The highest BCUT2D eigenvalue weighted by molar-refractivity contribution is 6.10. The highest BCUT2D eigenvalue weighted by Gasteiger charge is 2.33. The van der Waals surface area contributed by atoms with Gasteiger partial charge in [0.25, 0.3) is 0 Å². The monoisotopic (exact) mass is 685 g/mol. The lowest BCUT2D eigenvalue weighted by atomic mass is 9.93. The predicted molar refractivity (Wildman–Crippen MR) is 217 cm³/mol. The zero-order valence-electron chi connectivity index (χ0n) is 29.0. The maximum absolute atomic E-state index is 13.5. The molecule has 1 fully saturated rings. The first-order valence-corrected chi connectivity index (χ1v) is 18.5. The van der Waals surface area contributed by atoms with E-state index < -0.39 is 0 Å². The van der Waals surface area contributed by atoms with Gasteiger partial charge in [-0.3, -0.25) is 4.79 Å². The summed E-state index contributed by atoms with van der Waals surface area (Å²) < 4.78 is 11.2. The highest BCUT2D eigenvalue weighted by Crippen LogP contribution is 2.52. The normalized spacial score (nSPS) is 16.6. The molecule has 7 aromatic carbocycles. The number of rotatable bonds is 4. The summed E-state index contributed by atoms with van der Waals surface area (Å²) in [6.45, 7) is 0. The molecular formula is C48H35N3O2. The van der Waals surface area contributed by atoms with Gasteiger partial charge in [0.05, 0.1) is 22.4 Å². The first-order valence-electron chi connectivity index (χ1n) is 18.5. The zero-order valence-corrected chi connectivity index (χ0v) is 29.0. The molecule has 1 aliphatic carbocycles. The number of ether oxygens (including phenoxy) is 1. The van der Waals surface area contributed by atoms with E-state index in [-0.39, 0.29) is 5.43 Å². The third-order valence-electron chi connectivity index (χ3n) is 11.5. The van der Waals surface area contributed by atoms with Crippen LogP contribution < -0.4 is 15.1 Å². The van der Waals surface area contributed by atoms with Crippen LogP contribution in [-0.2, 0) is 0 Å². The van der Waals surface area contributed by atoms with Crippen LogP contribution in [0, 0.1) is 0 Å². The van der Waals surface area contributed by atoms with Gasteiger partial charge in [0.1, 0.15) is 0 Å². The van der Waals surface area contributed by atoms with Gasteiger partial charge in [0.2, 0.25) is 0 Å². The van der Waals surface area contributed by atoms with E-state index in [4.69, 9.17) is 4.74 Å². The van der Waals surface area contributed by atoms with Crippen LogP contribution in [0.4, 0.5) is 17.1 Å². The summed E-state index contributed by atoms with van der Waals surface area (Å²) >= 11 is 0. The van der Waals surface area contributed by atoms with Crippen molar-refractivity contribution < 1.29 is 4.74 Å². The number of hydrogen-bond donors (Lipinski definition) is 0. The fourth-order valence-corrected chi connectivity index (χ4v) is 9.28. The van der Waals surface area contributed by atoms with E-state index in [1.807, 2.05) is 60.7 Å². The van der Waals surface area contributed by atoms with E-state index in [2.05, 4.69) is 117 Å². The Balaban J connectivity index is 1.05. The molecule has 2 unspecified atom stereocenters. The minimum atomic E-state index is 0.0796. The second kappa shape index (κ2) is 11.7. The Hall–Kier alpha value is -6.59. The maximum atomic E-state index is 13.5. The summed E-state index contributed by atoms with van der Waals surface area (Å²) in [6, 6.07) is 57.7. The topological polar surface area (TPSA) is 39.4 Å². The number of aromatic nitrogens is 2. The Morgan fingerprint density at radius 2 is 1.09 bits per heavy atom. The standard InChI is InChI=1S/C48H35N3O2/c52-48-36-16-2-5-20-41(36)49(42-21-6-3-17-37(42)48)32-14-11-13-31(29-32)34-18-12-24-39(34)51-40-19-4-1-15-35(40)38-30-33(27-28-43(38)51)50-44-22-7-9-25-46(44)53-47-26-10-8-23-45(47)50/h1-11,13-17,19-23,25-30,34,39H,12,18,24H2. The molecule has 5 heteroatoms. The van der Waals surface area contributed by atoms with Gasteiger partial charge in [-0.1, -0.05) is 85.3 Å². The molecule has 0 N–H and O–H groups in total. The molecule has 1 saturated carbocycles. The number of nitrogens with zero attached hydrogens (tertiary/aromatic N) is 3. The molecule has 11 rings (SSSR count). The van der Waals surface area contributed by atoms with Crippen molar-refractivity contribution in [2.75, 3.05) is 4.90 Å². The van der Waals surface area contributed by atoms with Gasteiger partial charge in [0, 0.05) is 55.9 Å². The van der Waals surface area contributed by atoms with E-state index >= 15 is 0 Å². The summed E-state index contributed by atoms with van der Waals surface area (Å²) in [7, 11) is 0. The number of pyridine rings is 1. The number of para-hydroxylation sites is 7. The Kier molecular flexibility index (Phi) is 6.65. The summed E-state index contributed by atoms with van der Waals surface area (Å²) in [5.41, 5.74) is 10.1. The van der Waals surface area contributed by atoms with E-state index in [0.717, 1.165) is 75.3 Å². The summed E-state index contributed by atoms with van der Waals surface area (Å²) in [5, 5.41) is 4.00. The maximum Gasteiger partial charge on any atom is 0.197 e. The van der Waals surface area contributed by atoms with Gasteiger partial charge in [-0.15, -0.1) is 0 Å². The van der Waals surface area contributed by atoms with Crippen molar-refractivity contribution in [2.45, 2.75) is 31.2 Å². The summed E-state index contributed by atoms with van der Waals surface area (Å²) in [5.74, 6) is 2.05. The molecule has 1 aliphatic heterocycles. The first-order chi connectivity index (χ1) is 26.2. The molecule has 2 atom stereocenters. The fraction of sp³-hybridized carbons (Fsp3) is 0.104. The van der Waals surface area contributed by atoms with E-state index in [9.17, 15) is 4.79 Å². The van der Waals surface area contributed by atoms with Crippen LogP contribution in [0.3, 0.4) is 0 Å². The van der Waals surface area contributed by atoms with Crippen LogP contribution in [0.1, 0.15) is 36.8 Å². The fourth-order valence-electron chi connectivity index (χ4n) is 9.28. The van der Waals surface area contributed by atoms with Gasteiger partial charge in [-0.25, -0.2) is 0 Å². The van der Waals surface area contributed by atoms with Gasteiger partial charge in [-0.05, 0) is 103 Å². The highest BCUT2D eigenvalue weighted by atomic mass is 16.5. The lowest BCUT2D eigenvalue weighted by Gasteiger charge is -2.32. The van der Waals surface area contributed by atoms with Crippen molar-refractivity contribution in [1.29, 1.82) is 0 Å². The quantitative estimate of drug-likeness (QED) is 0.173. The largest absolute Gasteiger partial charge is 0.453 e. The Labute approximate surface area is 306 Å². The summed E-state index contributed by atoms with van der Waals surface area (Å²) in [6.07, 6.45) is 3.39. The molecule has 254 valence electrons. The number of anilines is 3. The molecule has 0 saturated heterocycles. The van der Waals surface area contributed by atoms with Crippen LogP contribution in [0.25, 0.3) is 49.3 Å². The first kappa shape index (κ1) is 30.1. The minimum absolute atomic E-state index is 0.0796. The van der Waals surface area contributed by atoms with Gasteiger partial charge in [-0.2, -0.15) is 0 Å². The molecule has 2 aliphatic rings. The molecule has 0 spiro atoms. The third kappa shape index (κ3) is 4.53. The van der Waals surface area contributed by atoms with Gasteiger partial charge in [0.15, 0.2) is 16.9 Å². The van der Waals surface area contributed by atoms with E-state index in [1.165, 1.54) is 27.4 Å². The summed E-state index contributed by atoms with van der Waals surface area (Å²) in [4.78, 5) is 15.9. The third-order valence-corrected chi connectivity index (χ3v) is 11.5. The Morgan fingerprint density at radius 3 is 1.81 bits per heavy atom. The van der Waals surface area contributed by atoms with Crippen LogP contribution in [-0.4, -0.2) is 9.13 Å². The molecule has 3 heterocycles. The number of hydrogen-bond acceptors (Lipinski definition) is 3. The predicted octanol–water partition coefficient (Wildman–Crippen LogP) is 12.3. The molecule has 9 aromatic rings. The molecule has 5 nitrogen and oxygen atoms in total. The Morgan fingerprint density at radius 1 is 0.491 bits per heavy atom. The molecule has 0 amide bonds. The minimum Gasteiger partial charge on any atom is -0.453 e. The van der Waals surface area contributed by atoms with Crippen molar-refractivity contribution in [3.05, 3.63) is 180 Å². The number of benzene rings is 7. The van der Waals surface area contributed by atoms with Gasteiger partial charge < -0.3 is 18.8 Å². The number of fused-ring (bicyclic) bond motifs is 7. The average molecular weight is 686 g/mol. The van der Waals surface area contributed by atoms with Crippen molar-refractivity contribution in [2.24, 2.45) is 0 Å². The molecule has 53 heavy (non-hydrogen) atoms. The lowest BCUT2D eigenvalue weighted by Crippen LogP contribution is -2.16. The smallest absolute Gasteiger partial charge is 0.197 e. The SMILES string of the molecule is O=c1c2ccccc2n(-c2cccc(C3CCCC3n3c4ccccc4c4cc(N5c6ccccc6Oc6ccccc65)ccc43)c2)c2ccccc12. The van der Waals surface area contributed by atoms with Gasteiger partial charge >= 0.3 is 0 Å². The van der Waals surface area contributed by atoms with Crippen LogP contribution >= 0.6 is 0 Å². The van der Waals surface area contributed by atoms with Crippen LogP contribution in [0.2, 0.25) is 0 Å². The van der Waals surface area contributed by atoms with Crippen molar-refractivity contribution in [1.82, 2.24) is 9.13 Å². The van der Waals surface area contributed by atoms with E-state index in [1.54, 1.807) is 0 Å². The molecule has 2 aromatic heterocycles. The Bertz CT molecular complexity index is 2870. The van der Waals surface area contributed by atoms with Crippen LogP contribution in [0.15, 0.2) is 169 Å². The van der Waals surface area contributed by atoms with Crippen molar-refractivity contribution in [3.8, 4) is 17.2 Å². The van der Waals surface area contributed by atoms with Crippen LogP contribution in [0.5, 0.6) is 11.5 Å². The molecule has 0 radical (unpaired) electrons. The second-order valence-electron chi connectivity index (χ2n) is 14.4. The van der Waals surface area contributed by atoms with Crippen molar-refractivity contribution in [3.63, 3.8) is 0 Å². The zero-order chi connectivity index (χ0) is 35.0. The average Bonchev–Trinajstić information content (AvgIpc) is 3.83.